The zero-order valence-electron chi connectivity index (χ0n) is 14.5. The third kappa shape index (κ3) is 4.54. The predicted octanol–water partition coefficient (Wildman–Crippen LogP) is 4.26. The van der Waals surface area contributed by atoms with Crippen molar-refractivity contribution in [2.45, 2.75) is 50.4 Å². The van der Waals surface area contributed by atoms with E-state index in [1.807, 2.05) is 0 Å². The number of ether oxygens (including phenoxy) is 2. The van der Waals surface area contributed by atoms with E-state index < -0.39 is 11.7 Å². The fourth-order valence-corrected chi connectivity index (χ4v) is 3.99. The summed E-state index contributed by atoms with van der Waals surface area (Å²) in [6.45, 7) is 3.37. The van der Waals surface area contributed by atoms with Crippen LogP contribution in [0.15, 0.2) is 24.3 Å². The van der Waals surface area contributed by atoms with Crippen LogP contribution in [-0.4, -0.2) is 43.5 Å². The molecular weight excluding hydrogens is 331 g/mol. The highest BCUT2D eigenvalue weighted by Gasteiger charge is 2.40. The molecule has 1 saturated carbocycles. The highest BCUT2D eigenvalue weighted by molar-refractivity contribution is 5.29. The van der Waals surface area contributed by atoms with Gasteiger partial charge in [0, 0.05) is 13.1 Å². The van der Waals surface area contributed by atoms with E-state index in [0.29, 0.717) is 25.4 Å². The largest absolute Gasteiger partial charge is 0.416 e. The van der Waals surface area contributed by atoms with Crippen LogP contribution < -0.4 is 0 Å². The molecule has 1 heterocycles. The van der Waals surface area contributed by atoms with Crippen molar-refractivity contribution in [3.63, 3.8) is 0 Å². The molecule has 2 fully saturated rings. The van der Waals surface area contributed by atoms with Crippen molar-refractivity contribution in [3.05, 3.63) is 35.4 Å². The molecule has 0 radical (unpaired) electrons. The van der Waals surface area contributed by atoms with Crippen LogP contribution in [0.5, 0.6) is 0 Å². The minimum absolute atomic E-state index is 0.280. The second kappa shape index (κ2) is 8.06. The van der Waals surface area contributed by atoms with E-state index in [4.69, 9.17) is 9.47 Å². The summed E-state index contributed by atoms with van der Waals surface area (Å²) in [6, 6.07) is 5.79. The van der Waals surface area contributed by atoms with Crippen LogP contribution in [0.1, 0.15) is 43.2 Å². The summed E-state index contributed by atoms with van der Waals surface area (Å²) in [6.07, 6.45) is 1.28. The van der Waals surface area contributed by atoms with Gasteiger partial charge in [-0.15, -0.1) is 0 Å². The number of morpholine rings is 1. The van der Waals surface area contributed by atoms with Gasteiger partial charge < -0.3 is 9.47 Å². The summed E-state index contributed by atoms with van der Waals surface area (Å²) in [5.74, 6) is 0. The maximum Gasteiger partial charge on any atom is 0.416 e. The van der Waals surface area contributed by atoms with Crippen LogP contribution >= 0.6 is 0 Å². The minimum atomic E-state index is -4.32. The first-order valence-corrected chi connectivity index (χ1v) is 9.13. The number of hydrogen-bond donors (Lipinski definition) is 0. The molecule has 3 rings (SSSR count). The Hall–Kier alpha value is -1.11. The summed E-state index contributed by atoms with van der Waals surface area (Å²) in [5, 5.41) is 0. The van der Waals surface area contributed by atoms with Crippen molar-refractivity contribution in [1.29, 1.82) is 0 Å². The first kappa shape index (κ1) is 18.7. The Morgan fingerprint density at radius 3 is 2.40 bits per heavy atom. The lowest BCUT2D eigenvalue weighted by Crippen LogP contribution is -2.56. The topological polar surface area (TPSA) is 21.7 Å². The third-order valence-corrected chi connectivity index (χ3v) is 5.29. The van der Waals surface area contributed by atoms with Crippen LogP contribution in [0.2, 0.25) is 0 Å². The van der Waals surface area contributed by atoms with Crippen molar-refractivity contribution in [1.82, 2.24) is 4.90 Å². The molecule has 1 aliphatic carbocycles. The van der Waals surface area contributed by atoms with Crippen LogP contribution in [-0.2, 0) is 22.1 Å². The zero-order valence-corrected chi connectivity index (χ0v) is 14.5. The van der Waals surface area contributed by atoms with E-state index >= 15 is 0 Å². The number of benzene rings is 1. The van der Waals surface area contributed by atoms with Gasteiger partial charge in [0.25, 0.3) is 0 Å². The van der Waals surface area contributed by atoms with Crippen molar-refractivity contribution in [2.24, 2.45) is 0 Å². The minimum Gasteiger partial charge on any atom is -0.379 e. The van der Waals surface area contributed by atoms with E-state index in [0.717, 1.165) is 44.8 Å². The number of nitrogens with zero attached hydrogens (tertiary/aromatic N) is 1. The molecule has 1 aliphatic heterocycles. The number of hydrogen-bond acceptors (Lipinski definition) is 3. The van der Waals surface area contributed by atoms with E-state index in [-0.39, 0.29) is 12.1 Å². The summed E-state index contributed by atoms with van der Waals surface area (Å²) in [7, 11) is 0. The van der Waals surface area contributed by atoms with Gasteiger partial charge in [-0.25, -0.2) is 0 Å². The Balaban J connectivity index is 1.66. The Labute approximate surface area is 147 Å². The zero-order chi connectivity index (χ0) is 17.8. The molecule has 1 saturated heterocycles. The Morgan fingerprint density at radius 2 is 1.72 bits per heavy atom. The summed E-state index contributed by atoms with van der Waals surface area (Å²) in [5.41, 5.74) is -0.569. The molecule has 1 aromatic carbocycles. The van der Waals surface area contributed by atoms with E-state index in [2.05, 4.69) is 4.90 Å². The second-order valence-electron chi connectivity index (χ2n) is 6.86. The van der Waals surface area contributed by atoms with Crippen molar-refractivity contribution in [3.8, 4) is 0 Å². The molecule has 0 N–H and O–H groups in total. The van der Waals surface area contributed by atoms with Gasteiger partial charge in [-0.2, -0.15) is 13.2 Å². The Bertz CT molecular complexity index is 550. The lowest BCUT2D eigenvalue weighted by Gasteiger charge is -2.47. The van der Waals surface area contributed by atoms with Gasteiger partial charge in [0.1, 0.15) is 5.72 Å². The molecule has 6 heteroatoms. The number of alkyl halides is 3. The van der Waals surface area contributed by atoms with Crippen molar-refractivity contribution >= 4 is 0 Å². The highest BCUT2D eigenvalue weighted by Crippen LogP contribution is 2.36. The number of rotatable bonds is 5. The molecule has 0 bridgehead atoms. The third-order valence-electron chi connectivity index (χ3n) is 5.29. The molecule has 3 nitrogen and oxygen atoms in total. The van der Waals surface area contributed by atoms with Crippen LogP contribution in [0.4, 0.5) is 13.2 Å². The smallest absolute Gasteiger partial charge is 0.379 e. The van der Waals surface area contributed by atoms with Gasteiger partial charge >= 0.3 is 6.18 Å². The highest BCUT2D eigenvalue weighted by atomic mass is 19.4. The molecule has 1 aromatic rings. The quantitative estimate of drug-likeness (QED) is 0.786. The van der Waals surface area contributed by atoms with Crippen LogP contribution in [0.3, 0.4) is 0 Å². The average molecular weight is 357 g/mol. The molecule has 25 heavy (non-hydrogen) atoms. The maximum atomic E-state index is 13.1. The summed E-state index contributed by atoms with van der Waals surface area (Å²) in [4.78, 5) is 2.34. The van der Waals surface area contributed by atoms with Crippen molar-refractivity contribution < 1.29 is 22.6 Å². The number of halogens is 3. The van der Waals surface area contributed by atoms with Gasteiger partial charge in [0.15, 0.2) is 0 Å². The fraction of sp³-hybridized carbons (Fsp3) is 0.684. The summed E-state index contributed by atoms with van der Waals surface area (Å²) < 4.78 is 51.1. The average Bonchev–Trinajstić information content (AvgIpc) is 2.63. The molecule has 0 amide bonds. The standard InChI is InChI=1S/C19H26F3NO2/c20-19(21,22)17-7-3-2-6-16(17)8-13-25-18(9-4-1-5-10-18)23-11-14-24-15-12-23/h2-3,6-7H,1,4-5,8-15H2. The molecular formula is C19H26F3NO2. The van der Waals surface area contributed by atoms with Gasteiger partial charge in [-0.05, 0) is 43.7 Å². The lowest BCUT2D eigenvalue weighted by atomic mass is 9.89. The molecule has 0 spiro atoms. The van der Waals surface area contributed by atoms with E-state index in [9.17, 15) is 13.2 Å². The first-order valence-electron chi connectivity index (χ1n) is 9.13. The molecule has 2 aliphatic rings. The molecule has 140 valence electrons. The Kier molecular flexibility index (Phi) is 6.02. The first-order chi connectivity index (χ1) is 12.0. The molecule has 0 atom stereocenters. The van der Waals surface area contributed by atoms with Crippen LogP contribution in [0, 0.1) is 0 Å². The normalized spacial score (nSPS) is 22.0. The van der Waals surface area contributed by atoms with Gasteiger partial charge in [-0.3, -0.25) is 4.90 Å². The summed E-state index contributed by atoms with van der Waals surface area (Å²) >= 11 is 0. The predicted molar refractivity (Wildman–Crippen MR) is 89.3 cm³/mol. The van der Waals surface area contributed by atoms with Crippen LogP contribution in [0.25, 0.3) is 0 Å². The SMILES string of the molecule is FC(F)(F)c1ccccc1CCOC1(N2CCOCC2)CCCCC1. The fourth-order valence-electron chi connectivity index (χ4n) is 3.99. The molecule has 0 unspecified atom stereocenters. The second-order valence-corrected chi connectivity index (χ2v) is 6.86. The van der Waals surface area contributed by atoms with Gasteiger partial charge in [-0.1, -0.05) is 24.6 Å². The lowest BCUT2D eigenvalue weighted by molar-refractivity contribution is -0.194. The van der Waals surface area contributed by atoms with E-state index in [1.165, 1.54) is 12.5 Å². The maximum absolute atomic E-state index is 13.1. The monoisotopic (exact) mass is 357 g/mol. The Morgan fingerprint density at radius 1 is 1.04 bits per heavy atom. The van der Waals surface area contributed by atoms with Gasteiger partial charge in [0.2, 0.25) is 0 Å². The van der Waals surface area contributed by atoms with E-state index in [1.54, 1.807) is 12.1 Å². The van der Waals surface area contributed by atoms with Gasteiger partial charge in [0.05, 0.1) is 25.4 Å². The van der Waals surface area contributed by atoms with Crippen molar-refractivity contribution in [2.75, 3.05) is 32.9 Å². The molecule has 0 aromatic heterocycles.